The molecule has 0 aliphatic heterocycles. The fourth-order valence-corrected chi connectivity index (χ4v) is 9.37. The summed E-state index contributed by atoms with van der Waals surface area (Å²) < 4.78 is 11.2. The zero-order valence-electron chi connectivity index (χ0n) is 30.5. The lowest BCUT2D eigenvalue weighted by molar-refractivity contribution is 0.655. The van der Waals surface area contributed by atoms with Gasteiger partial charge in [-0.25, -0.2) is 9.97 Å². The number of hydrogen-bond donors (Lipinski definition) is 0. The first kappa shape index (κ1) is 30.6. The van der Waals surface area contributed by atoms with Gasteiger partial charge in [-0.3, -0.25) is 0 Å². The topological polar surface area (TPSA) is 48.8 Å². The Morgan fingerprint density at radius 3 is 1.54 bits per heavy atom. The van der Waals surface area contributed by atoms with Crippen LogP contribution >= 0.6 is 0 Å². The van der Waals surface area contributed by atoms with Crippen LogP contribution in [0.4, 0.5) is 0 Å². The Balaban J connectivity index is 1.02. The quantitative estimate of drug-likeness (QED) is 0.170. The predicted octanol–water partition coefficient (Wildman–Crippen LogP) is 13.7. The van der Waals surface area contributed by atoms with Crippen LogP contribution in [0.25, 0.3) is 121 Å². The molecule has 0 amide bonds. The first-order valence-corrected chi connectivity index (χ1v) is 19.3. The molecule has 0 radical (unpaired) electrons. The van der Waals surface area contributed by atoms with Crippen LogP contribution in [0, 0.1) is 0 Å². The van der Waals surface area contributed by atoms with E-state index in [0.717, 1.165) is 60.8 Å². The van der Waals surface area contributed by atoms with Gasteiger partial charge in [0, 0.05) is 49.1 Å². The number of rotatable bonds is 3. The van der Waals surface area contributed by atoms with Crippen molar-refractivity contribution >= 4 is 98.4 Å². The highest BCUT2D eigenvalue weighted by molar-refractivity contribution is 6.24. The van der Waals surface area contributed by atoms with Crippen molar-refractivity contribution in [3.8, 4) is 22.5 Å². The fraction of sp³-hybridized carbons (Fsp3) is 0. The first-order valence-electron chi connectivity index (χ1n) is 19.3. The summed E-state index contributed by atoms with van der Waals surface area (Å²) in [7, 11) is 0. The summed E-state index contributed by atoms with van der Waals surface area (Å²) in [5.41, 5.74) is 13.0. The number of furan rings is 1. The number of benzene rings is 9. The summed E-state index contributed by atoms with van der Waals surface area (Å²) in [6.45, 7) is 0. The van der Waals surface area contributed by atoms with E-state index >= 15 is 0 Å². The van der Waals surface area contributed by atoms with Gasteiger partial charge in [0.1, 0.15) is 16.6 Å². The third-order valence-electron chi connectivity index (χ3n) is 11.9. The number of aromatic nitrogens is 4. The Morgan fingerprint density at radius 1 is 0.316 bits per heavy atom. The first-order chi connectivity index (χ1) is 28.3. The molecular weight excluding hydrogens is 697 g/mol. The molecular formula is C52H30N4O. The highest BCUT2D eigenvalue weighted by atomic mass is 16.3. The van der Waals surface area contributed by atoms with Gasteiger partial charge >= 0.3 is 0 Å². The van der Waals surface area contributed by atoms with Gasteiger partial charge in [-0.1, -0.05) is 121 Å². The molecule has 0 unspecified atom stereocenters. The molecule has 0 aliphatic rings. The van der Waals surface area contributed by atoms with Gasteiger partial charge in [-0.15, -0.1) is 0 Å². The van der Waals surface area contributed by atoms with E-state index in [1.807, 2.05) is 0 Å². The molecule has 4 aromatic heterocycles. The summed E-state index contributed by atoms with van der Waals surface area (Å²) in [5.74, 6) is 0. The zero-order valence-corrected chi connectivity index (χ0v) is 30.5. The average molecular weight is 727 g/mol. The van der Waals surface area contributed by atoms with Crippen LogP contribution in [0.5, 0.6) is 0 Å². The summed E-state index contributed by atoms with van der Waals surface area (Å²) >= 11 is 0. The number of nitrogens with zero attached hydrogens (tertiary/aromatic N) is 4. The van der Waals surface area contributed by atoms with Crippen molar-refractivity contribution in [2.45, 2.75) is 0 Å². The fourth-order valence-electron chi connectivity index (χ4n) is 9.37. The lowest BCUT2D eigenvalue weighted by Gasteiger charge is -2.11. The Hall–Kier alpha value is -7.76. The molecule has 57 heavy (non-hydrogen) atoms. The SMILES string of the molecule is c1ccc(-n2c3ccccc3c3cc4c5ccccc5n(-c5cccc(-c6ccc7oc8nc9c%10ccccc%10c%10ccccc%10c9nc8c7c6)c5)c4cc32)cc1. The van der Waals surface area contributed by atoms with Crippen molar-refractivity contribution < 1.29 is 4.42 Å². The number of para-hydroxylation sites is 3. The molecule has 0 aliphatic carbocycles. The van der Waals surface area contributed by atoms with Crippen molar-refractivity contribution in [2.75, 3.05) is 0 Å². The minimum Gasteiger partial charge on any atom is -0.436 e. The monoisotopic (exact) mass is 726 g/mol. The lowest BCUT2D eigenvalue weighted by atomic mass is 9.99. The second-order valence-corrected chi connectivity index (χ2v) is 15.0. The van der Waals surface area contributed by atoms with Gasteiger partial charge < -0.3 is 13.6 Å². The van der Waals surface area contributed by atoms with Crippen LogP contribution in [-0.4, -0.2) is 19.1 Å². The molecule has 0 fully saturated rings. The maximum Gasteiger partial charge on any atom is 0.246 e. The van der Waals surface area contributed by atoms with Crippen molar-refractivity contribution in [2.24, 2.45) is 0 Å². The molecule has 4 heterocycles. The molecule has 13 rings (SSSR count). The maximum absolute atomic E-state index is 6.41. The van der Waals surface area contributed by atoms with E-state index in [4.69, 9.17) is 14.4 Å². The largest absolute Gasteiger partial charge is 0.436 e. The second kappa shape index (κ2) is 11.4. The van der Waals surface area contributed by atoms with Gasteiger partial charge in [0.15, 0.2) is 0 Å². The van der Waals surface area contributed by atoms with E-state index in [9.17, 15) is 0 Å². The molecule has 0 N–H and O–H groups in total. The van der Waals surface area contributed by atoms with Crippen LogP contribution in [0.1, 0.15) is 0 Å². The van der Waals surface area contributed by atoms with Gasteiger partial charge in [0.2, 0.25) is 5.71 Å². The third-order valence-corrected chi connectivity index (χ3v) is 11.9. The minimum absolute atomic E-state index is 0.549. The summed E-state index contributed by atoms with van der Waals surface area (Å²) in [4.78, 5) is 10.4. The van der Waals surface area contributed by atoms with E-state index in [0.29, 0.717) is 5.71 Å². The van der Waals surface area contributed by atoms with Crippen molar-refractivity contribution in [1.29, 1.82) is 0 Å². The Morgan fingerprint density at radius 2 is 0.860 bits per heavy atom. The minimum atomic E-state index is 0.549. The van der Waals surface area contributed by atoms with Crippen LogP contribution in [-0.2, 0) is 0 Å². The van der Waals surface area contributed by atoms with Crippen LogP contribution in [0.15, 0.2) is 186 Å². The van der Waals surface area contributed by atoms with E-state index < -0.39 is 0 Å². The molecule has 0 bridgehead atoms. The van der Waals surface area contributed by atoms with E-state index in [1.54, 1.807) is 0 Å². The second-order valence-electron chi connectivity index (χ2n) is 15.0. The van der Waals surface area contributed by atoms with Crippen LogP contribution in [0.2, 0.25) is 0 Å². The molecule has 13 aromatic rings. The summed E-state index contributed by atoms with van der Waals surface area (Å²) in [5, 5.41) is 10.4. The van der Waals surface area contributed by atoms with Gasteiger partial charge in [0.25, 0.3) is 0 Å². The Kier molecular flexibility index (Phi) is 6.10. The maximum atomic E-state index is 6.41. The van der Waals surface area contributed by atoms with E-state index in [2.05, 4.69) is 191 Å². The predicted molar refractivity (Wildman–Crippen MR) is 236 cm³/mol. The van der Waals surface area contributed by atoms with Gasteiger partial charge in [-0.2, -0.15) is 0 Å². The number of hydrogen-bond acceptors (Lipinski definition) is 3. The Labute approximate surface area is 325 Å². The van der Waals surface area contributed by atoms with Crippen molar-refractivity contribution in [3.05, 3.63) is 182 Å². The van der Waals surface area contributed by atoms with E-state index in [-0.39, 0.29) is 0 Å². The van der Waals surface area contributed by atoms with Crippen molar-refractivity contribution in [1.82, 2.24) is 19.1 Å². The molecule has 0 spiro atoms. The third kappa shape index (κ3) is 4.28. The molecule has 5 heteroatoms. The van der Waals surface area contributed by atoms with Gasteiger partial charge in [-0.05, 0) is 82.6 Å². The molecule has 264 valence electrons. The van der Waals surface area contributed by atoms with Crippen LogP contribution in [0.3, 0.4) is 0 Å². The molecule has 5 nitrogen and oxygen atoms in total. The zero-order chi connectivity index (χ0) is 37.2. The Bertz CT molecular complexity index is 3810. The van der Waals surface area contributed by atoms with Gasteiger partial charge in [0.05, 0.1) is 27.6 Å². The summed E-state index contributed by atoms with van der Waals surface area (Å²) in [6.07, 6.45) is 0. The smallest absolute Gasteiger partial charge is 0.246 e. The lowest BCUT2D eigenvalue weighted by Crippen LogP contribution is -1.96. The molecule has 9 aromatic carbocycles. The normalized spacial score (nSPS) is 12.2. The highest BCUT2D eigenvalue weighted by Crippen LogP contribution is 2.41. The standard InChI is InChI=1S/C52H30N4O/c1-2-14-33(15-3-1)55-44-23-10-8-19-37(44)41-29-42-38-20-9-11-24-45(38)56(47(42)30-46(41)55)34-16-12-13-31(27-34)32-25-26-48-43(28-32)51-52(57-48)54-50-40-22-7-5-18-36(40)35-17-4-6-21-39(35)49(50)53-51/h1-30H. The van der Waals surface area contributed by atoms with Crippen LogP contribution < -0.4 is 0 Å². The molecule has 0 saturated carbocycles. The highest BCUT2D eigenvalue weighted by Gasteiger charge is 2.20. The average Bonchev–Trinajstić information content (AvgIpc) is 3.92. The number of fused-ring (bicyclic) bond motifs is 15. The van der Waals surface area contributed by atoms with Crippen molar-refractivity contribution in [3.63, 3.8) is 0 Å². The van der Waals surface area contributed by atoms with E-state index in [1.165, 1.54) is 54.4 Å². The molecule has 0 atom stereocenters. The summed E-state index contributed by atoms with van der Waals surface area (Å²) in [6, 6.07) is 65.1. The molecule has 0 saturated heterocycles.